The number of halogens is 2. The molecular weight excluding hydrogens is 476 g/mol. The number of methoxy groups -OCH3 is 1. The molecule has 2 amide bonds. The summed E-state index contributed by atoms with van der Waals surface area (Å²) in [5.41, 5.74) is 3.21. The van der Waals surface area contributed by atoms with E-state index in [9.17, 15) is 18.4 Å². The number of amides is 2. The average Bonchev–Trinajstić information content (AvgIpc) is 2.92. The summed E-state index contributed by atoms with van der Waals surface area (Å²) in [6, 6.07) is 21.1. The van der Waals surface area contributed by atoms with Gasteiger partial charge in [0, 0.05) is 36.5 Å². The molecule has 1 heterocycles. The lowest BCUT2D eigenvalue weighted by atomic mass is 9.99. The van der Waals surface area contributed by atoms with Gasteiger partial charge in [0.2, 0.25) is 5.91 Å². The van der Waals surface area contributed by atoms with Gasteiger partial charge in [0.05, 0.1) is 24.8 Å². The summed E-state index contributed by atoms with van der Waals surface area (Å²) in [6.45, 7) is 0.131. The zero-order valence-electron chi connectivity index (χ0n) is 20.1. The molecule has 0 atom stereocenters. The van der Waals surface area contributed by atoms with Crippen LogP contribution in [-0.2, 0) is 24.3 Å². The number of carbonyl (C=O) groups is 2. The molecule has 0 saturated carbocycles. The Morgan fingerprint density at radius 1 is 0.865 bits per heavy atom. The summed E-state index contributed by atoms with van der Waals surface area (Å²) >= 11 is 0. The highest BCUT2D eigenvalue weighted by Gasteiger charge is 2.17. The Kier molecular flexibility index (Phi) is 8.20. The zero-order chi connectivity index (χ0) is 26.2. The average molecular weight is 502 g/mol. The van der Waals surface area contributed by atoms with E-state index in [1.807, 2.05) is 36.4 Å². The SMILES string of the molecule is COc1ccc(CC(=O)NCc2ccccc2-c2ncccc2C(=O)NCc2ccc(F)cc2F)cc1. The first-order chi connectivity index (χ1) is 17.9. The van der Waals surface area contributed by atoms with Crippen molar-refractivity contribution in [3.63, 3.8) is 0 Å². The first kappa shape index (κ1) is 25.5. The predicted octanol–water partition coefficient (Wildman–Crippen LogP) is 4.82. The lowest BCUT2D eigenvalue weighted by molar-refractivity contribution is -0.120. The van der Waals surface area contributed by atoms with Crippen LogP contribution in [0.5, 0.6) is 5.75 Å². The summed E-state index contributed by atoms with van der Waals surface area (Å²) in [5, 5.41) is 5.59. The Balaban J connectivity index is 1.47. The van der Waals surface area contributed by atoms with Gasteiger partial charge in [-0.3, -0.25) is 14.6 Å². The third-order valence-corrected chi connectivity index (χ3v) is 5.78. The van der Waals surface area contributed by atoms with Crippen LogP contribution in [0.4, 0.5) is 8.78 Å². The summed E-state index contributed by atoms with van der Waals surface area (Å²) < 4.78 is 32.3. The summed E-state index contributed by atoms with van der Waals surface area (Å²) in [5.74, 6) is -1.31. The van der Waals surface area contributed by atoms with E-state index in [1.54, 1.807) is 37.6 Å². The smallest absolute Gasteiger partial charge is 0.253 e. The van der Waals surface area contributed by atoms with E-state index in [0.717, 1.165) is 29.0 Å². The molecule has 0 aliphatic carbocycles. The van der Waals surface area contributed by atoms with Crippen LogP contribution in [0.1, 0.15) is 27.0 Å². The molecule has 0 fully saturated rings. The molecular formula is C29H25F2N3O3. The molecule has 8 heteroatoms. The number of ether oxygens (including phenoxy) is 1. The molecule has 4 rings (SSSR count). The molecule has 0 unspecified atom stereocenters. The summed E-state index contributed by atoms with van der Waals surface area (Å²) in [4.78, 5) is 30.0. The van der Waals surface area contributed by atoms with Gasteiger partial charge < -0.3 is 15.4 Å². The van der Waals surface area contributed by atoms with Crippen molar-refractivity contribution < 1.29 is 23.1 Å². The Morgan fingerprint density at radius 3 is 2.38 bits per heavy atom. The van der Waals surface area contributed by atoms with Gasteiger partial charge in [0.1, 0.15) is 17.4 Å². The van der Waals surface area contributed by atoms with Crippen LogP contribution in [0.25, 0.3) is 11.3 Å². The number of carbonyl (C=O) groups excluding carboxylic acids is 2. The third kappa shape index (κ3) is 6.55. The molecule has 6 nitrogen and oxygen atoms in total. The van der Waals surface area contributed by atoms with Crippen LogP contribution in [-0.4, -0.2) is 23.9 Å². The maximum atomic E-state index is 14.0. The van der Waals surface area contributed by atoms with Crippen molar-refractivity contribution in [2.75, 3.05) is 7.11 Å². The van der Waals surface area contributed by atoms with Gasteiger partial charge in [0.15, 0.2) is 0 Å². The van der Waals surface area contributed by atoms with Crippen molar-refractivity contribution in [3.05, 3.63) is 119 Å². The van der Waals surface area contributed by atoms with Crippen molar-refractivity contribution in [1.82, 2.24) is 15.6 Å². The number of nitrogens with one attached hydrogen (secondary N) is 2. The van der Waals surface area contributed by atoms with E-state index in [4.69, 9.17) is 4.74 Å². The number of rotatable bonds is 9. The standard InChI is InChI=1S/C29H25F2N3O3/c1-37-23-12-8-19(9-13-23)15-27(35)33-17-20-5-2-3-6-24(20)28-25(7-4-14-32-28)29(36)34-18-21-10-11-22(30)16-26(21)31/h2-14,16H,15,17-18H2,1H3,(H,33,35)(H,34,36). The van der Waals surface area contributed by atoms with E-state index >= 15 is 0 Å². The van der Waals surface area contributed by atoms with Gasteiger partial charge in [-0.2, -0.15) is 0 Å². The quantitative estimate of drug-likeness (QED) is 0.345. The van der Waals surface area contributed by atoms with Gasteiger partial charge in [0.25, 0.3) is 5.91 Å². The zero-order valence-corrected chi connectivity index (χ0v) is 20.1. The molecule has 0 saturated heterocycles. The molecule has 0 aliphatic heterocycles. The fourth-order valence-corrected chi connectivity index (χ4v) is 3.83. The molecule has 0 spiro atoms. The number of nitrogens with zero attached hydrogens (tertiary/aromatic N) is 1. The Hall–Kier alpha value is -4.59. The first-order valence-corrected chi connectivity index (χ1v) is 11.6. The monoisotopic (exact) mass is 501 g/mol. The van der Waals surface area contributed by atoms with Gasteiger partial charge in [-0.15, -0.1) is 0 Å². The first-order valence-electron chi connectivity index (χ1n) is 11.6. The van der Waals surface area contributed by atoms with Crippen LogP contribution in [0.3, 0.4) is 0 Å². The maximum Gasteiger partial charge on any atom is 0.253 e. The van der Waals surface area contributed by atoms with Gasteiger partial charge in [-0.05, 0) is 41.5 Å². The minimum atomic E-state index is -0.734. The maximum absolute atomic E-state index is 14.0. The van der Waals surface area contributed by atoms with Crippen LogP contribution >= 0.6 is 0 Å². The highest BCUT2D eigenvalue weighted by atomic mass is 19.1. The van der Waals surface area contributed by atoms with E-state index in [-0.39, 0.29) is 31.0 Å². The van der Waals surface area contributed by atoms with Gasteiger partial charge in [-0.1, -0.05) is 42.5 Å². The highest BCUT2D eigenvalue weighted by Crippen LogP contribution is 2.25. The minimum Gasteiger partial charge on any atom is -0.497 e. The van der Waals surface area contributed by atoms with Crippen LogP contribution < -0.4 is 15.4 Å². The molecule has 3 aromatic carbocycles. The molecule has 188 valence electrons. The molecule has 4 aromatic rings. The Bertz CT molecular complexity index is 1410. The van der Waals surface area contributed by atoms with Crippen molar-refractivity contribution in [2.24, 2.45) is 0 Å². The fraction of sp³-hybridized carbons (Fsp3) is 0.138. The molecule has 0 bridgehead atoms. The lowest BCUT2D eigenvalue weighted by Crippen LogP contribution is -2.25. The van der Waals surface area contributed by atoms with Crippen LogP contribution in [0.2, 0.25) is 0 Å². The third-order valence-electron chi connectivity index (χ3n) is 5.78. The number of aromatic nitrogens is 1. The second kappa shape index (κ2) is 11.9. The normalized spacial score (nSPS) is 10.6. The largest absolute Gasteiger partial charge is 0.497 e. The van der Waals surface area contributed by atoms with Crippen molar-refractivity contribution >= 4 is 11.8 Å². The van der Waals surface area contributed by atoms with Crippen LogP contribution in [0.15, 0.2) is 85.1 Å². The summed E-state index contributed by atoms with van der Waals surface area (Å²) in [6.07, 6.45) is 1.79. The van der Waals surface area contributed by atoms with Gasteiger partial charge in [-0.25, -0.2) is 8.78 Å². The molecule has 0 aliphatic rings. The van der Waals surface area contributed by atoms with Crippen molar-refractivity contribution in [2.45, 2.75) is 19.5 Å². The fourth-order valence-electron chi connectivity index (χ4n) is 3.83. The van der Waals surface area contributed by atoms with Gasteiger partial charge >= 0.3 is 0 Å². The number of benzene rings is 3. The number of hydrogen-bond donors (Lipinski definition) is 2. The van der Waals surface area contributed by atoms with E-state index < -0.39 is 17.5 Å². The van der Waals surface area contributed by atoms with Crippen molar-refractivity contribution in [3.8, 4) is 17.0 Å². The Morgan fingerprint density at radius 2 is 1.62 bits per heavy atom. The van der Waals surface area contributed by atoms with Crippen LogP contribution in [0, 0.1) is 11.6 Å². The molecule has 1 aromatic heterocycles. The second-order valence-corrected chi connectivity index (χ2v) is 8.28. The predicted molar refractivity (Wildman–Crippen MR) is 136 cm³/mol. The minimum absolute atomic E-state index is 0.109. The lowest BCUT2D eigenvalue weighted by Gasteiger charge is -2.14. The van der Waals surface area contributed by atoms with E-state index in [2.05, 4.69) is 15.6 Å². The Labute approximate surface area is 213 Å². The van der Waals surface area contributed by atoms with Crippen molar-refractivity contribution in [1.29, 1.82) is 0 Å². The highest BCUT2D eigenvalue weighted by molar-refractivity contribution is 6.00. The molecule has 37 heavy (non-hydrogen) atoms. The summed E-state index contributed by atoms with van der Waals surface area (Å²) in [7, 11) is 1.58. The van der Waals surface area contributed by atoms with E-state index in [0.29, 0.717) is 16.8 Å². The number of hydrogen-bond acceptors (Lipinski definition) is 4. The van der Waals surface area contributed by atoms with E-state index in [1.165, 1.54) is 6.07 Å². The molecule has 2 N–H and O–H groups in total. The topological polar surface area (TPSA) is 80.3 Å². The number of pyridine rings is 1. The molecule has 0 radical (unpaired) electrons. The second-order valence-electron chi connectivity index (χ2n) is 8.28.